The largest absolute Gasteiger partial charge is 0.528 e. The quantitative estimate of drug-likeness (QED) is 0.469. The summed E-state index contributed by atoms with van der Waals surface area (Å²) in [6, 6.07) is 0. The minimum absolute atomic E-state index is 0.763. The van der Waals surface area contributed by atoms with Crippen LogP contribution >= 0.6 is 0 Å². The van der Waals surface area contributed by atoms with Gasteiger partial charge in [-0.1, -0.05) is 5.70 Å². The van der Waals surface area contributed by atoms with Crippen LogP contribution in [0.25, 0.3) is 0 Å². The molecule has 0 aliphatic carbocycles. The maximum Gasteiger partial charge on any atom is 0.528 e. The number of rotatable bonds is 8. The van der Waals surface area contributed by atoms with Gasteiger partial charge in [-0.05, 0) is 5.70 Å². The van der Waals surface area contributed by atoms with Crippen molar-refractivity contribution < 1.29 is 27.5 Å². The predicted molar refractivity (Wildman–Crippen MR) is 109 cm³/mol. The van der Waals surface area contributed by atoms with Crippen molar-refractivity contribution in [3.05, 3.63) is 11.4 Å². The van der Waals surface area contributed by atoms with E-state index in [2.05, 4.69) is 25.1 Å². The topological polar surface area (TPSA) is 65.1 Å². The summed E-state index contributed by atoms with van der Waals surface area (Å²) in [5.41, 5.74) is 4.46. The van der Waals surface area contributed by atoms with E-state index in [0.717, 1.165) is 78.9 Å². The van der Waals surface area contributed by atoms with Gasteiger partial charge in [-0.2, -0.15) is 0 Å². The van der Waals surface area contributed by atoms with Crippen LogP contribution in [0.3, 0.4) is 0 Å². The Balaban J connectivity index is 2.02. The summed E-state index contributed by atoms with van der Waals surface area (Å²) in [4.78, 5) is 0. The summed E-state index contributed by atoms with van der Waals surface area (Å²) in [5.74, 6) is 0. The van der Waals surface area contributed by atoms with Crippen molar-refractivity contribution >= 4 is 17.4 Å². The fourth-order valence-corrected chi connectivity index (χ4v) is 11.2. The Bertz CT molecular complexity index is 439. The Hall–Kier alpha value is -0.186. The molecule has 11 heteroatoms. The van der Waals surface area contributed by atoms with Gasteiger partial charge in [-0.25, -0.2) is 0 Å². The highest BCUT2D eigenvalue weighted by atomic mass is 28.4. The molecule has 9 nitrogen and oxygen atoms in total. The van der Waals surface area contributed by atoms with Crippen LogP contribution in [0.4, 0.5) is 0 Å². The van der Waals surface area contributed by atoms with E-state index in [9.17, 15) is 0 Å². The fraction of sp³-hybridized carbons (Fsp3) is 0.882. The molecule has 0 spiro atoms. The minimum Gasteiger partial charge on any atom is -0.379 e. The van der Waals surface area contributed by atoms with Crippen LogP contribution in [0.1, 0.15) is 0 Å². The van der Waals surface area contributed by atoms with Gasteiger partial charge < -0.3 is 27.5 Å². The second-order valence-electron chi connectivity index (χ2n) is 7.03. The molecule has 0 bridgehead atoms. The van der Waals surface area contributed by atoms with Crippen molar-refractivity contribution in [1.29, 1.82) is 0 Å². The maximum absolute atomic E-state index is 5.69. The molecule has 3 aliphatic rings. The van der Waals surface area contributed by atoms with Crippen molar-refractivity contribution in [2.24, 2.45) is 0 Å². The first-order valence-electron chi connectivity index (χ1n) is 10.0. The molecular weight excluding hydrogens is 398 g/mol. The van der Waals surface area contributed by atoms with Gasteiger partial charge in [0.25, 0.3) is 0 Å². The molecule has 28 heavy (non-hydrogen) atoms. The van der Waals surface area contributed by atoms with Gasteiger partial charge in [-0.3, -0.25) is 13.7 Å². The third-order valence-electron chi connectivity index (χ3n) is 5.79. The normalized spacial score (nSPS) is 24.8. The van der Waals surface area contributed by atoms with Crippen LogP contribution in [0.2, 0.25) is 0 Å². The zero-order valence-electron chi connectivity index (χ0n) is 17.4. The lowest BCUT2D eigenvalue weighted by atomic mass is 10.5. The number of nitrogens with zero attached hydrogens (tertiary/aromatic N) is 3. The Morgan fingerprint density at radius 2 is 0.893 bits per heavy atom. The number of hydrogen-bond donors (Lipinski definition) is 0. The number of morpholine rings is 3. The van der Waals surface area contributed by atoms with E-state index in [0.29, 0.717) is 0 Å². The van der Waals surface area contributed by atoms with Crippen LogP contribution in [0.15, 0.2) is 11.4 Å². The van der Waals surface area contributed by atoms with Crippen molar-refractivity contribution in [3.63, 3.8) is 0 Å². The summed E-state index contributed by atoms with van der Waals surface area (Å²) in [5, 5.41) is 0. The lowest BCUT2D eigenvalue weighted by molar-refractivity contribution is 0.0185. The molecule has 0 unspecified atom stereocenters. The van der Waals surface area contributed by atoms with Gasteiger partial charge in [-0.15, -0.1) is 0 Å². The summed E-state index contributed by atoms with van der Waals surface area (Å²) in [6.45, 7) is 10.1. The predicted octanol–water partition coefficient (Wildman–Crippen LogP) is -0.565. The molecule has 3 heterocycles. The smallest absolute Gasteiger partial charge is 0.379 e. The van der Waals surface area contributed by atoms with E-state index in [-0.39, 0.29) is 0 Å². The van der Waals surface area contributed by atoms with E-state index in [4.69, 9.17) is 27.5 Å². The molecule has 0 radical (unpaired) electrons. The molecule has 0 aromatic carbocycles. The highest BCUT2D eigenvalue weighted by Crippen LogP contribution is 2.27. The van der Waals surface area contributed by atoms with Gasteiger partial charge in [0, 0.05) is 60.6 Å². The zero-order chi connectivity index (χ0) is 19.9. The van der Waals surface area contributed by atoms with E-state index >= 15 is 0 Å². The molecule has 0 aromatic heterocycles. The minimum atomic E-state index is -2.84. The summed E-state index contributed by atoms with van der Waals surface area (Å²) in [6.07, 6.45) is 0. The molecule has 3 aliphatic heterocycles. The zero-order valence-corrected chi connectivity index (χ0v) is 19.4. The maximum atomic E-state index is 5.69. The Morgan fingerprint density at radius 3 is 1.18 bits per heavy atom. The van der Waals surface area contributed by atoms with Crippen molar-refractivity contribution in [2.45, 2.75) is 0 Å². The van der Waals surface area contributed by atoms with E-state index in [1.54, 1.807) is 21.3 Å². The second-order valence-corrected chi connectivity index (χ2v) is 13.4. The molecule has 0 saturated carbocycles. The summed E-state index contributed by atoms with van der Waals surface area (Å²) in [7, 11) is -0.242. The Morgan fingerprint density at radius 1 is 0.571 bits per heavy atom. The van der Waals surface area contributed by atoms with Crippen LogP contribution in [0.5, 0.6) is 0 Å². The molecule has 0 amide bonds. The highest BCUT2D eigenvalue weighted by molar-refractivity contribution is 6.79. The van der Waals surface area contributed by atoms with Gasteiger partial charge in [0.05, 0.1) is 39.6 Å². The third kappa shape index (κ3) is 4.76. The highest BCUT2D eigenvalue weighted by Gasteiger charge is 2.52. The number of ether oxygens (including phenoxy) is 3. The van der Waals surface area contributed by atoms with E-state index < -0.39 is 17.4 Å². The van der Waals surface area contributed by atoms with Gasteiger partial charge in [0.15, 0.2) is 0 Å². The molecular formula is C17H35N3O6Si2. The molecule has 3 saturated heterocycles. The Kier molecular flexibility index (Phi) is 8.62. The Labute approximate surface area is 170 Å². The van der Waals surface area contributed by atoms with Crippen LogP contribution in [-0.2, 0) is 27.5 Å². The first-order chi connectivity index (χ1) is 13.7. The molecule has 3 fully saturated rings. The fourth-order valence-electron chi connectivity index (χ4n) is 4.26. The lowest BCUT2D eigenvalue weighted by Crippen LogP contribution is -2.78. The molecule has 0 N–H and O–H groups in total. The van der Waals surface area contributed by atoms with Crippen molar-refractivity contribution in [1.82, 2.24) is 13.7 Å². The average Bonchev–Trinajstić information content (AvgIpc) is 2.79. The van der Waals surface area contributed by atoms with Crippen LogP contribution < -0.4 is 0 Å². The van der Waals surface area contributed by atoms with Gasteiger partial charge in [0.2, 0.25) is 0 Å². The summed E-state index contributed by atoms with van der Waals surface area (Å²) < 4.78 is 42.1. The van der Waals surface area contributed by atoms with Gasteiger partial charge in [0.1, 0.15) is 0 Å². The molecule has 3 rings (SSSR count). The standard InChI is InChI=1S/C17H35N3O6Si2/c1-21-28(22-2,23-3)17-16-27(18-4-10-24-11-5-18,19-6-12-25-13-7-19)20-8-14-26-15-9-20/h16-17H,4-15H2,1-3H3. The van der Waals surface area contributed by atoms with E-state index in [1.165, 1.54) is 0 Å². The van der Waals surface area contributed by atoms with Crippen LogP contribution in [0, 0.1) is 0 Å². The van der Waals surface area contributed by atoms with Crippen molar-refractivity contribution in [3.8, 4) is 0 Å². The number of hydrogen-bond acceptors (Lipinski definition) is 9. The van der Waals surface area contributed by atoms with Crippen LogP contribution in [-0.4, -0.2) is 131 Å². The summed E-state index contributed by atoms with van der Waals surface area (Å²) >= 11 is 0. The average molecular weight is 434 g/mol. The first kappa shape index (κ1) is 22.5. The monoisotopic (exact) mass is 433 g/mol. The molecule has 0 aromatic rings. The second kappa shape index (κ2) is 10.7. The SMILES string of the molecule is CO[Si](C=C[Si](N1CCOCC1)(N1CCOCC1)N1CCOCC1)(OC)OC. The lowest BCUT2D eigenvalue weighted by Gasteiger charge is -2.55. The van der Waals surface area contributed by atoms with E-state index in [1.807, 2.05) is 0 Å². The molecule has 162 valence electrons. The van der Waals surface area contributed by atoms with Crippen molar-refractivity contribution in [2.75, 3.05) is 100 Å². The van der Waals surface area contributed by atoms with Gasteiger partial charge >= 0.3 is 17.4 Å². The molecule has 0 atom stereocenters. The first-order valence-corrected chi connectivity index (χ1v) is 13.8. The third-order valence-corrected chi connectivity index (χ3v) is 13.2.